The van der Waals surface area contributed by atoms with Gasteiger partial charge in [-0.3, -0.25) is 4.31 Å². The summed E-state index contributed by atoms with van der Waals surface area (Å²) >= 11 is 0. The summed E-state index contributed by atoms with van der Waals surface area (Å²) in [5, 5.41) is 9.19. The second-order valence-corrected chi connectivity index (χ2v) is 9.95. The number of sulfonamides is 1. The van der Waals surface area contributed by atoms with Crippen molar-refractivity contribution in [3.63, 3.8) is 0 Å². The second kappa shape index (κ2) is 9.99. The summed E-state index contributed by atoms with van der Waals surface area (Å²) in [6, 6.07) is 14.0. The third kappa shape index (κ3) is 5.76. The molecule has 0 fully saturated rings. The normalized spacial score (nSPS) is 12.0. The zero-order valence-corrected chi connectivity index (χ0v) is 20.0. The van der Waals surface area contributed by atoms with E-state index in [4.69, 9.17) is 4.74 Å². The molecule has 1 N–H and O–H groups in total. The van der Waals surface area contributed by atoms with Crippen LogP contribution in [0.1, 0.15) is 40.9 Å². The van der Waals surface area contributed by atoms with Crippen LogP contribution < -0.4 is 9.04 Å². The van der Waals surface area contributed by atoms with E-state index in [1.807, 2.05) is 0 Å². The van der Waals surface area contributed by atoms with Gasteiger partial charge in [-0.2, -0.15) is 13.2 Å². The summed E-state index contributed by atoms with van der Waals surface area (Å²) in [7, 11) is -4.12. The lowest BCUT2D eigenvalue weighted by Gasteiger charge is -2.30. The van der Waals surface area contributed by atoms with E-state index in [1.54, 1.807) is 45.0 Å². The smallest absolute Gasteiger partial charge is 0.416 e. The number of anilines is 1. The molecule has 0 spiro atoms. The zero-order valence-electron chi connectivity index (χ0n) is 19.2. The number of ether oxygens (including phenoxy) is 1. The molecule has 3 aromatic rings. The molecule has 0 saturated carbocycles. The van der Waals surface area contributed by atoms with Gasteiger partial charge >= 0.3 is 12.1 Å². The molecule has 3 rings (SSSR count). The van der Waals surface area contributed by atoms with Crippen molar-refractivity contribution in [1.82, 2.24) is 0 Å². The van der Waals surface area contributed by atoms with Gasteiger partial charge in [-0.25, -0.2) is 13.2 Å². The van der Waals surface area contributed by atoms with Crippen LogP contribution in [0.2, 0.25) is 0 Å². The first-order valence-corrected chi connectivity index (χ1v) is 12.0. The molecular formula is C25H24F3NO5S. The van der Waals surface area contributed by atoms with Gasteiger partial charge in [-0.15, -0.1) is 0 Å². The third-order valence-electron chi connectivity index (χ3n) is 5.21. The summed E-state index contributed by atoms with van der Waals surface area (Å²) in [5.74, 6) is -1.37. The van der Waals surface area contributed by atoms with E-state index in [0.29, 0.717) is 11.1 Å². The van der Waals surface area contributed by atoms with Gasteiger partial charge < -0.3 is 9.84 Å². The number of nitrogens with zero attached hydrogens (tertiary/aromatic N) is 1. The number of carbonyl (C=O) groups is 1. The van der Waals surface area contributed by atoms with Crippen LogP contribution in [0.25, 0.3) is 0 Å². The van der Waals surface area contributed by atoms with Crippen molar-refractivity contribution in [2.45, 2.75) is 44.5 Å². The number of hydrogen-bond acceptors (Lipinski definition) is 4. The number of aryl methyl sites for hydroxylation is 1. The van der Waals surface area contributed by atoms with Crippen LogP contribution >= 0.6 is 0 Å². The standard InChI is InChI=1S/C25H24F3NO5S/c1-16(2)29(35(32,33)20-7-5-4-6-8-20)22-12-10-19(25(26,27)28)14-23(22)34-15-18-9-11-21(24(30)31)17(3)13-18/h4-14,16H,15H2,1-3H3,(H,30,31). The van der Waals surface area contributed by atoms with Crippen LogP contribution in [0.3, 0.4) is 0 Å². The second-order valence-electron chi connectivity index (χ2n) is 8.13. The number of carboxylic acid groups (broad SMARTS) is 1. The third-order valence-corrected chi connectivity index (χ3v) is 7.21. The Morgan fingerprint density at radius 3 is 2.23 bits per heavy atom. The molecule has 0 amide bonds. The maximum absolute atomic E-state index is 13.5. The van der Waals surface area contributed by atoms with Gasteiger partial charge in [0.2, 0.25) is 0 Å². The highest BCUT2D eigenvalue weighted by Crippen LogP contribution is 2.39. The van der Waals surface area contributed by atoms with E-state index in [-0.39, 0.29) is 28.5 Å². The lowest BCUT2D eigenvalue weighted by atomic mass is 10.1. The highest BCUT2D eigenvalue weighted by molar-refractivity contribution is 7.92. The summed E-state index contributed by atoms with van der Waals surface area (Å²) in [6.07, 6.45) is -4.67. The Bertz CT molecular complexity index is 1320. The number of carboxylic acids is 1. The molecule has 0 saturated heterocycles. The molecule has 0 radical (unpaired) electrons. The van der Waals surface area contributed by atoms with E-state index in [0.717, 1.165) is 22.5 Å². The van der Waals surface area contributed by atoms with Gasteiger partial charge in [0.1, 0.15) is 12.4 Å². The van der Waals surface area contributed by atoms with Crippen LogP contribution in [0.15, 0.2) is 71.6 Å². The highest BCUT2D eigenvalue weighted by atomic mass is 32.2. The number of halogens is 3. The number of alkyl halides is 3. The van der Waals surface area contributed by atoms with Crippen molar-refractivity contribution in [1.29, 1.82) is 0 Å². The first-order chi connectivity index (χ1) is 16.3. The quantitative estimate of drug-likeness (QED) is 0.411. The largest absolute Gasteiger partial charge is 0.487 e. The van der Waals surface area contributed by atoms with Crippen molar-refractivity contribution < 1.29 is 36.2 Å². The van der Waals surface area contributed by atoms with Gasteiger partial charge in [-0.1, -0.05) is 30.3 Å². The van der Waals surface area contributed by atoms with Gasteiger partial charge in [0.15, 0.2) is 0 Å². The molecule has 0 aliphatic heterocycles. The highest BCUT2D eigenvalue weighted by Gasteiger charge is 2.34. The van der Waals surface area contributed by atoms with Crippen LogP contribution in [-0.4, -0.2) is 25.5 Å². The maximum Gasteiger partial charge on any atom is 0.416 e. The van der Waals surface area contributed by atoms with Gasteiger partial charge in [-0.05, 0) is 68.3 Å². The van der Waals surface area contributed by atoms with Gasteiger partial charge in [0, 0.05) is 6.04 Å². The minimum absolute atomic E-state index is 0.0144. The summed E-state index contributed by atoms with van der Waals surface area (Å²) < 4.78 is 73.9. The van der Waals surface area contributed by atoms with E-state index in [1.165, 1.54) is 24.3 Å². The van der Waals surface area contributed by atoms with E-state index < -0.39 is 33.8 Å². The van der Waals surface area contributed by atoms with Gasteiger partial charge in [0.05, 0.1) is 21.7 Å². The Balaban J connectivity index is 2.07. The molecule has 186 valence electrons. The minimum Gasteiger partial charge on any atom is -0.487 e. The Hall–Kier alpha value is -3.53. The molecule has 0 aliphatic rings. The van der Waals surface area contributed by atoms with Crippen molar-refractivity contribution in [2.24, 2.45) is 0 Å². The SMILES string of the molecule is Cc1cc(COc2cc(C(F)(F)F)ccc2N(C(C)C)S(=O)(=O)c2ccccc2)ccc1C(=O)O. The lowest BCUT2D eigenvalue weighted by molar-refractivity contribution is -0.137. The van der Waals surface area contributed by atoms with E-state index >= 15 is 0 Å². The molecule has 0 bridgehead atoms. The maximum atomic E-state index is 13.5. The average molecular weight is 508 g/mol. The van der Waals surface area contributed by atoms with Crippen molar-refractivity contribution >= 4 is 21.7 Å². The topological polar surface area (TPSA) is 83.9 Å². The molecule has 0 aliphatic carbocycles. The first-order valence-electron chi connectivity index (χ1n) is 10.6. The number of aromatic carboxylic acids is 1. The predicted molar refractivity (Wildman–Crippen MR) is 125 cm³/mol. The van der Waals surface area contributed by atoms with Gasteiger partial charge in [0.25, 0.3) is 10.0 Å². The molecule has 0 aromatic heterocycles. The van der Waals surface area contributed by atoms with Crippen molar-refractivity contribution in [3.05, 3.63) is 89.0 Å². The molecule has 0 atom stereocenters. The molecule has 3 aromatic carbocycles. The molecule has 35 heavy (non-hydrogen) atoms. The number of rotatable bonds is 8. The van der Waals surface area contributed by atoms with E-state index in [9.17, 15) is 31.5 Å². The fraction of sp³-hybridized carbons (Fsp3) is 0.240. The molecule has 10 heteroatoms. The number of hydrogen-bond donors (Lipinski definition) is 1. The molecule has 6 nitrogen and oxygen atoms in total. The van der Waals surface area contributed by atoms with Crippen LogP contribution in [-0.2, 0) is 22.8 Å². The average Bonchev–Trinajstić information content (AvgIpc) is 2.77. The monoisotopic (exact) mass is 507 g/mol. The lowest BCUT2D eigenvalue weighted by Crippen LogP contribution is -2.37. The van der Waals surface area contributed by atoms with Crippen LogP contribution in [0.4, 0.5) is 18.9 Å². The summed E-state index contributed by atoms with van der Waals surface area (Å²) in [6.45, 7) is 4.60. The fourth-order valence-electron chi connectivity index (χ4n) is 3.60. The number of benzene rings is 3. The van der Waals surface area contributed by atoms with E-state index in [2.05, 4.69) is 0 Å². The molecular weight excluding hydrogens is 483 g/mol. The minimum atomic E-state index is -4.67. The molecule has 0 unspecified atom stereocenters. The van der Waals surface area contributed by atoms with Crippen molar-refractivity contribution in [2.75, 3.05) is 4.31 Å². The zero-order chi connectivity index (χ0) is 26.0. The van der Waals surface area contributed by atoms with Crippen molar-refractivity contribution in [3.8, 4) is 5.75 Å². The Labute approximate surface area is 201 Å². The van der Waals surface area contributed by atoms with Crippen LogP contribution in [0, 0.1) is 6.92 Å². The molecule has 0 heterocycles. The Morgan fingerprint density at radius 1 is 1.03 bits per heavy atom. The first kappa shape index (κ1) is 26.1. The fourth-order valence-corrected chi connectivity index (χ4v) is 5.29. The Kier molecular flexibility index (Phi) is 7.44. The summed E-state index contributed by atoms with van der Waals surface area (Å²) in [4.78, 5) is 11.2. The van der Waals surface area contributed by atoms with Crippen LogP contribution in [0.5, 0.6) is 5.75 Å². The Morgan fingerprint density at radius 2 is 1.69 bits per heavy atom. The summed E-state index contributed by atoms with van der Waals surface area (Å²) in [5.41, 5.74) is 0.0230. The predicted octanol–water partition coefficient (Wildman–Crippen LogP) is 5.89.